The SMILES string of the molecule is CC1(C)CN(C(CN)c2ccccc2Br)CCS1. The largest absolute Gasteiger partial charge is 0.329 e. The molecule has 0 amide bonds. The molecule has 1 aromatic carbocycles. The van der Waals surface area contributed by atoms with Crippen molar-refractivity contribution in [2.24, 2.45) is 5.73 Å². The van der Waals surface area contributed by atoms with E-state index < -0.39 is 0 Å². The molecule has 1 unspecified atom stereocenters. The first-order chi connectivity index (χ1) is 8.53. The van der Waals surface area contributed by atoms with E-state index in [2.05, 4.69) is 70.7 Å². The second kappa shape index (κ2) is 5.95. The average Bonchev–Trinajstić information content (AvgIpc) is 2.31. The quantitative estimate of drug-likeness (QED) is 0.923. The molecule has 0 aromatic heterocycles. The zero-order valence-electron chi connectivity index (χ0n) is 11.0. The Morgan fingerprint density at radius 3 is 2.78 bits per heavy atom. The van der Waals surface area contributed by atoms with E-state index >= 15 is 0 Å². The van der Waals surface area contributed by atoms with Gasteiger partial charge in [-0.05, 0) is 25.5 Å². The van der Waals surface area contributed by atoms with Crippen LogP contribution in [0.1, 0.15) is 25.5 Å². The third-order valence-corrected chi connectivity index (χ3v) is 5.40. The second-order valence-corrected chi connectivity index (χ2v) is 8.01. The Morgan fingerprint density at radius 1 is 1.44 bits per heavy atom. The summed E-state index contributed by atoms with van der Waals surface area (Å²) in [5.74, 6) is 1.19. The van der Waals surface area contributed by atoms with Crippen LogP contribution in [0.3, 0.4) is 0 Å². The van der Waals surface area contributed by atoms with Gasteiger partial charge in [0.05, 0.1) is 0 Å². The van der Waals surface area contributed by atoms with E-state index in [1.807, 2.05) is 0 Å². The van der Waals surface area contributed by atoms with Gasteiger partial charge >= 0.3 is 0 Å². The Labute approximate surface area is 122 Å². The van der Waals surface area contributed by atoms with Gasteiger partial charge in [-0.2, -0.15) is 11.8 Å². The zero-order chi connectivity index (χ0) is 13.2. The Bertz CT molecular complexity index is 409. The van der Waals surface area contributed by atoms with Crippen LogP contribution in [0.5, 0.6) is 0 Å². The number of hydrogen-bond donors (Lipinski definition) is 1. The van der Waals surface area contributed by atoms with Crippen molar-refractivity contribution in [2.45, 2.75) is 24.6 Å². The van der Waals surface area contributed by atoms with Gasteiger partial charge in [0.1, 0.15) is 0 Å². The van der Waals surface area contributed by atoms with Crippen molar-refractivity contribution >= 4 is 27.7 Å². The molecule has 1 fully saturated rings. The van der Waals surface area contributed by atoms with E-state index in [0.717, 1.165) is 17.6 Å². The van der Waals surface area contributed by atoms with E-state index in [1.165, 1.54) is 11.3 Å². The fourth-order valence-electron chi connectivity index (χ4n) is 2.54. The monoisotopic (exact) mass is 328 g/mol. The van der Waals surface area contributed by atoms with Crippen LogP contribution in [-0.2, 0) is 0 Å². The molecule has 0 radical (unpaired) electrons. The summed E-state index contributed by atoms with van der Waals surface area (Å²) in [4.78, 5) is 2.52. The molecule has 1 heterocycles. The predicted molar refractivity (Wildman–Crippen MR) is 84.0 cm³/mol. The van der Waals surface area contributed by atoms with Crippen molar-refractivity contribution in [1.29, 1.82) is 0 Å². The number of thioether (sulfide) groups is 1. The number of benzene rings is 1. The molecule has 1 aliphatic rings. The minimum Gasteiger partial charge on any atom is -0.329 e. The minimum absolute atomic E-state index is 0.320. The van der Waals surface area contributed by atoms with Crippen LogP contribution in [0.15, 0.2) is 28.7 Å². The maximum absolute atomic E-state index is 6.02. The molecule has 0 saturated carbocycles. The lowest BCUT2D eigenvalue weighted by atomic mass is 10.0. The molecule has 2 nitrogen and oxygen atoms in total. The highest BCUT2D eigenvalue weighted by atomic mass is 79.9. The molecule has 1 atom stereocenters. The number of nitrogens with zero attached hydrogens (tertiary/aromatic N) is 1. The Hall–Kier alpha value is -0.0300. The first-order valence-corrected chi connectivity index (χ1v) is 8.14. The maximum atomic E-state index is 6.02. The van der Waals surface area contributed by atoms with Crippen molar-refractivity contribution in [3.63, 3.8) is 0 Å². The number of halogens is 1. The molecule has 2 rings (SSSR count). The van der Waals surface area contributed by atoms with E-state index in [0.29, 0.717) is 17.3 Å². The van der Waals surface area contributed by atoms with Gasteiger partial charge in [-0.25, -0.2) is 0 Å². The molecule has 0 aliphatic carbocycles. The highest BCUT2D eigenvalue weighted by Crippen LogP contribution is 2.35. The Kier molecular flexibility index (Phi) is 4.75. The third-order valence-electron chi connectivity index (χ3n) is 3.38. The first kappa shape index (κ1) is 14.4. The summed E-state index contributed by atoms with van der Waals surface area (Å²) in [7, 11) is 0. The van der Waals surface area contributed by atoms with Crippen LogP contribution >= 0.6 is 27.7 Å². The maximum Gasteiger partial charge on any atom is 0.0482 e. The fraction of sp³-hybridized carbons (Fsp3) is 0.571. The number of hydrogen-bond acceptors (Lipinski definition) is 3. The van der Waals surface area contributed by atoms with Crippen molar-refractivity contribution in [3.8, 4) is 0 Å². The first-order valence-electron chi connectivity index (χ1n) is 6.36. The molecule has 1 saturated heterocycles. The van der Waals surface area contributed by atoms with E-state index in [9.17, 15) is 0 Å². The molecule has 0 bridgehead atoms. The lowest BCUT2D eigenvalue weighted by Crippen LogP contribution is -2.46. The van der Waals surface area contributed by atoms with Crippen LogP contribution in [0.2, 0.25) is 0 Å². The smallest absolute Gasteiger partial charge is 0.0482 e. The molecule has 18 heavy (non-hydrogen) atoms. The topological polar surface area (TPSA) is 29.3 Å². The Balaban J connectivity index is 2.21. The normalized spacial score (nSPS) is 21.8. The van der Waals surface area contributed by atoms with Crippen LogP contribution in [0, 0.1) is 0 Å². The summed E-state index contributed by atoms with van der Waals surface area (Å²) < 4.78 is 1.49. The summed E-state index contributed by atoms with van der Waals surface area (Å²) in [6, 6.07) is 8.74. The van der Waals surface area contributed by atoms with Gasteiger partial charge in [0.2, 0.25) is 0 Å². The van der Waals surface area contributed by atoms with E-state index in [4.69, 9.17) is 5.73 Å². The molecule has 100 valence electrons. The van der Waals surface area contributed by atoms with Gasteiger partial charge in [-0.1, -0.05) is 34.1 Å². The van der Waals surface area contributed by atoms with Crippen molar-refractivity contribution in [2.75, 3.05) is 25.4 Å². The van der Waals surface area contributed by atoms with E-state index in [-0.39, 0.29) is 0 Å². The summed E-state index contributed by atoms with van der Waals surface area (Å²) in [6.45, 7) is 7.52. The fourth-order valence-corrected chi connectivity index (χ4v) is 4.22. The lowest BCUT2D eigenvalue weighted by Gasteiger charge is -2.42. The minimum atomic E-state index is 0.320. The summed E-state index contributed by atoms with van der Waals surface area (Å²) in [5.41, 5.74) is 7.33. The predicted octanol–water partition coefficient (Wildman–Crippen LogP) is 3.28. The van der Waals surface area contributed by atoms with Gasteiger partial charge in [0, 0.05) is 40.6 Å². The molecular weight excluding hydrogens is 308 g/mol. The zero-order valence-corrected chi connectivity index (χ0v) is 13.4. The van der Waals surface area contributed by atoms with Crippen LogP contribution < -0.4 is 5.73 Å². The lowest BCUT2D eigenvalue weighted by molar-refractivity contribution is 0.192. The van der Waals surface area contributed by atoms with Crippen LogP contribution in [0.4, 0.5) is 0 Å². The molecular formula is C14H21BrN2S. The van der Waals surface area contributed by atoms with Crippen molar-refractivity contribution < 1.29 is 0 Å². The van der Waals surface area contributed by atoms with Gasteiger partial charge in [0.15, 0.2) is 0 Å². The van der Waals surface area contributed by atoms with Gasteiger partial charge < -0.3 is 5.73 Å². The van der Waals surface area contributed by atoms with Crippen LogP contribution in [-0.4, -0.2) is 35.0 Å². The molecule has 0 spiro atoms. The third kappa shape index (κ3) is 3.29. The van der Waals surface area contributed by atoms with Crippen molar-refractivity contribution in [3.05, 3.63) is 34.3 Å². The summed E-state index contributed by atoms with van der Waals surface area (Å²) in [5, 5.41) is 0. The Morgan fingerprint density at radius 2 is 2.17 bits per heavy atom. The van der Waals surface area contributed by atoms with Gasteiger partial charge in [-0.3, -0.25) is 4.90 Å². The molecule has 4 heteroatoms. The standard InChI is InChI=1S/C14H21BrN2S/c1-14(2)10-17(7-8-18-14)13(9-16)11-5-3-4-6-12(11)15/h3-6,13H,7-10,16H2,1-2H3. The second-order valence-electron chi connectivity index (χ2n) is 5.35. The highest BCUT2D eigenvalue weighted by molar-refractivity contribution is 9.10. The summed E-state index contributed by atoms with van der Waals surface area (Å²) in [6.07, 6.45) is 0. The van der Waals surface area contributed by atoms with Gasteiger partial charge in [-0.15, -0.1) is 0 Å². The van der Waals surface area contributed by atoms with Crippen LogP contribution in [0.25, 0.3) is 0 Å². The average molecular weight is 329 g/mol. The van der Waals surface area contributed by atoms with Crippen molar-refractivity contribution in [1.82, 2.24) is 4.90 Å². The number of rotatable bonds is 3. The number of nitrogens with two attached hydrogens (primary N) is 1. The molecule has 1 aromatic rings. The summed E-state index contributed by atoms with van der Waals surface area (Å²) >= 11 is 5.70. The molecule has 1 aliphatic heterocycles. The molecule has 2 N–H and O–H groups in total. The van der Waals surface area contributed by atoms with E-state index in [1.54, 1.807) is 0 Å². The van der Waals surface area contributed by atoms with Gasteiger partial charge in [0.25, 0.3) is 0 Å². The highest BCUT2D eigenvalue weighted by Gasteiger charge is 2.31.